The lowest BCUT2D eigenvalue weighted by atomic mass is 10.1. The van der Waals surface area contributed by atoms with Crippen LogP contribution < -0.4 is 5.56 Å². The largest absolute Gasteiger partial charge is 0.351 e. The highest BCUT2D eigenvalue weighted by molar-refractivity contribution is 7.15. The molecule has 154 valence electrons. The first-order chi connectivity index (χ1) is 14.5. The molecule has 1 aliphatic rings. The number of aromatic nitrogens is 3. The Balaban J connectivity index is 1.26. The number of thiazole rings is 1. The molecule has 1 aromatic carbocycles. The third-order valence-electron chi connectivity index (χ3n) is 5.72. The number of carbonyl (C=O) groups is 1. The van der Waals surface area contributed by atoms with E-state index >= 15 is 0 Å². The van der Waals surface area contributed by atoms with Crippen molar-refractivity contribution < 1.29 is 4.79 Å². The first kappa shape index (κ1) is 19.0. The van der Waals surface area contributed by atoms with Crippen LogP contribution in [0.4, 0.5) is 0 Å². The SMILES string of the molecule is Cc1cc(C)c2cc(C(=O)N3CCN(Cc4cc(=O)n5ccsc5n4)CC3)[nH]c2c1. The number of piperazine rings is 1. The third kappa shape index (κ3) is 3.42. The highest BCUT2D eigenvalue weighted by atomic mass is 32.1. The fourth-order valence-electron chi connectivity index (χ4n) is 4.19. The molecule has 1 amide bonds. The summed E-state index contributed by atoms with van der Waals surface area (Å²) < 4.78 is 1.56. The number of hydrogen-bond acceptors (Lipinski definition) is 5. The molecule has 0 aliphatic carbocycles. The first-order valence-electron chi connectivity index (χ1n) is 10.1. The van der Waals surface area contributed by atoms with E-state index in [9.17, 15) is 9.59 Å². The minimum absolute atomic E-state index is 0.0410. The highest BCUT2D eigenvalue weighted by Gasteiger charge is 2.24. The number of benzene rings is 1. The summed E-state index contributed by atoms with van der Waals surface area (Å²) in [5, 5.41) is 2.97. The lowest BCUT2D eigenvalue weighted by Crippen LogP contribution is -2.48. The van der Waals surface area contributed by atoms with Gasteiger partial charge < -0.3 is 9.88 Å². The van der Waals surface area contributed by atoms with E-state index in [0.29, 0.717) is 25.3 Å². The van der Waals surface area contributed by atoms with Crippen LogP contribution >= 0.6 is 11.3 Å². The summed E-state index contributed by atoms with van der Waals surface area (Å²) in [6, 6.07) is 7.78. The second kappa shape index (κ2) is 7.37. The van der Waals surface area contributed by atoms with Crippen LogP contribution in [0.1, 0.15) is 27.3 Å². The Hall–Kier alpha value is -2.97. The fourth-order valence-corrected chi connectivity index (χ4v) is 4.93. The molecule has 1 aliphatic heterocycles. The number of nitrogens with one attached hydrogen (secondary N) is 1. The van der Waals surface area contributed by atoms with E-state index in [1.807, 2.05) is 16.3 Å². The Kier molecular flexibility index (Phi) is 4.67. The molecule has 4 heterocycles. The second-order valence-electron chi connectivity index (χ2n) is 7.94. The van der Waals surface area contributed by atoms with E-state index in [1.54, 1.807) is 16.7 Å². The minimum Gasteiger partial charge on any atom is -0.351 e. The molecule has 1 N–H and O–H groups in total. The van der Waals surface area contributed by atoms with E-state index in [0.717, 1.165) is 34.6 Å². The summed E-state index contributed by atoms with van der Waals surface area (Å²) in [7, 11) is 0. The van der Waals surface area contributed by atoms with Gasteiger partial charge in [0.25, 0.3) is 11.5 Å². The van der Waals surface area contributed by atoms with Gasteiger partial charge in [0.15, 0.2) is 4.96 Å². The Morgan fingerprint density at radius 3 is 2.73 bits per heavy atom. The van der Waals surface area contributed by atoms with Gasteiger partial charge in [0.2, 0.25) is 0 Å². The molecule has 3 aromatic heterocycles. The maximum absolute atomic E-state index is 13.0. The number of H-pyrrole nitrogens is 1. The number of amides is 1. The highest BCUT2D eigenvalue weighted by Crippen LogP contribution is 2.22. The summed E-state index contributed by atoms with van der Waals surface area (Å²) in [5.74, 6) is 0.0410. The summed E-state index contributed by atoms with van der Waals surface area (Å²) in [5.41, 5.74) is 4.75. The molecule has 5 rings (SSSR count). The van der Waals surface area contributed by atoms with Gasteiger partial charge in [-0.2, -0.15) is 0 Å². The van der Waals surface area contributed by atoms with E-state index in [-0.39, 0.29) is 11.5 Å². The minimum atomic E-state index is -0.0468. The normalized spacial score (nSPS) is 15.3. The smallest absolute Gasteiger partial charge is 0.270 e. The average molecular weight is 422 g/mol. The van der Waals surface area contributed by atoms with Crippen molar-refractivity contribution in [3.63, 3.8) is 0 Å². The zero-order valence-electron chi connectivity index (χ0n) is 17.0. The van der Waals surface area contributed by atoms with Crippen LogP contribution in [0.15, 0.2) is 40.6 Å². The van der Waals surface area contributed by atoms with Gasteiger partial charge in [-0.3, -0.25) is 18.9 Å². The monoisotopic (exact) mass is 421 g/mol. The van der Waals surface area contributed by atoms with Gasteiger partial charge in [0.1, 0.15) is 5.69 Å². The van der Waals surface area contributed by atoms with Crippen LogP contribution in [-0.2, 0) is 6.54 Å². The van der Waals surface area contributed by atoms with Crippen molar-refractivity contribution in [3.8, 4) is 0 Å². The van der Waals surface area contributed by atoms with Gasteiger partial charge in [-0.1, -0.05) is 6.07 Å². The number of aryl methyl sites for hydroxylation is 2. The molecule has 4 aromatic rings. The number of aromatic amines is 1. The van der Waals surface area contributed by atoms with Crippen LogP contribution in [0.5, 0.6) is 0 Å². The van der Waals surface area contributed by atoms with Crippen molar-refractivity contribution in [1.82, 2.24) is 24.2 Å². The van der Waals surface area contributed by atoms with Gasteiger partial charge in [0, 0.05) is 61.3 Å². The van der Waals surface area contributed by atoms with Crippen molar-refractivity contribution in [3.05, 3.63) is 68.7 Å². The fraction of sp³-hybridized carbons (Fsp3) is 0.318. The van der Waals surface area contributed by atoms with E-state index in [4.69, 9.17) is 0 Å². The molecule has 1 fully saturated rings. The van der Waals surface area contributed by atoms with E-state index < -0.39 is 0 Å². The topological polar surface area (TPSA) is 73.7 Å². The Morgan fingerprint density at radius 2 is 1.93 bits per heavy atom. The molecule has 0 bridgehead atoms. The first-order valence-corrected chi connectivity index (χ1v) is 10.9. The third-order valence-corrected chi connectivity index (χ3v) is 6.48. The quantitative estimate of drug-likeness (QED) is 0.552. The van der Waals surface area contributed by atoms with Gasteiger partial charge in [-0.05, 0) is 37.1 Å². The Labute approximate surface area is 177 Å². The van der Waals surface area contributed by atoms with Gasteiger partial charge in [-0.15, -0.1) is 11.3 Å². The average Bonchev–Trinajstić information content (AvgIpc) is 3.35. The molecule has 0 spiro atoms. The van der Waals surface area contributed by atoms with Crippen molar-refractivity contribution >= 4 is 33.1 Å². The molecule has 0 radical (unpaired) electrons. The number of hydrogen-bond donors (Lipinski definition) is 1. The lowest BCUT2D eigenvalue weighted by molar-refractivity contribution is 0.0622. The van der Waals surface area contributed by atoms with Crippen LogP contribution in [-0.4, -0.2) is 56.3 Å². The molecule has 0 atom stereocenters. The molecule has 30 heavy (non-hydrogen) atoms. The maximum atomic E-state index is 13.0. The van der Waals surface area contributed by atoms with Crippen LogP contribution in [0.2, 0.25) is 0 Å². The lowest BCUT2D eigenvalue weighted by Gasteiger charge is -2.34. The number of nitrogens with zero attached hydrogens (tertiary/aromatic N) is 4. The summed E-state index contributed by atoms with van der Waals surface area (Å²) in [4.78, 5) is 37.9. The van der Waals surface area contributed by atoms with Gasteiger partial charge in [0.05, 0.1) is 5.69 Å². The molecular formula is C22H23N5O2S. The number of rotatable bonds is 3. The second-order valence-corrected chi connectivity index (χ2v) is 8.81. The Bertz CT molecular complexity index is 1310. The molecule has 1 saturated heterocycles. The molecule has 7 nitrogen and oxygen atoms in total. The summed E-state index contributed by atoms with van der Waals surface area (Å²) in [6.45, 7) is 7.59. The predicted octanol–water partition coefficient (Wildman–Crippen LogP) is 2.81. The maximum Gasteiger partial charge on any atom is 0.270 e. The van der Waals surface area contributed by atoms with Crippen molar-refractivity contribution in [1.29, 1.82) is 0 Å². The Morgan fingerprint density at radius 1 is 1.13 bits per heavy atom. The zero-order valence-corrected chi connectivity index (χ0v) is 17.8. The van der Waals surface area contributed by atoms with Crippen LogP contribution in [0.25, 0.3) is 15.9 Å². The molecule has 0 saturated carbocycles. The predicted molar refractivity (Wildman–Crippen MR) is 118 cm³/mol. The molecular weight excluding hydrogens is 398 g/mol. The van der Waals surface area contributed by atoms with Gasteiger partial charge in [-0.25, -0.2) is 4.98 Å². The van der Waals surface area contributed by atoms with Crippen molar-refractivity contribution in [2.75, 3.05) is 26.2 Å². The number of carbonyl (C=O) groups excluding carboxylic acids is 1. The standard InChI is InChI=1S/C22H23N5O2S/c1-14-9-15(2)17-12-19(24-18(17)10-14)21(29)26-5-3-25(4-6-26)13-16-11-20(28)27-7-8-30-22(27)23-16/h7-12,24H,3-6,13H2,1-2H3. The van der Waals surface area contributed by atoms with E-state index in [2.05, 4.69) is 40.8 Å². The van der Waals surface area contributed by atoms with Crippen LogP contribution in [0.3, 0.4) is 0 Å². The van der Waals surface area contributed by atoms with Crippen molar-refractivity contribution in [2.45, 2.75) is 20.4 Å². The number of fused-ring (bicyclic) bond motifs is 2. The summed E-state index contributed by atoms with van der Waals surface area (Å²) >= 11 is 1.46. The zero-order chi connectivity index (χ0) is 20.8. The molecule has 0 unspecified atom stereocenters. The van der Waals surface area contributed by atoms with Gasteiger partial charge >= 0.3 is 0 Å². The molecule has 8 heteroatoms. The van der Waals surface area contributed by atoms with Crippen molar-refractivity contribution in [2.24, 2.45) is 0 Å². The van der Waals surface area contributed by atoms with E-state index in [1.165, 1.54) is 22.5 Å². The van der Waals surface area contributed by atoms with Crippen LogP contribution in [0, 0.1) is 13.8 Å². The summed E-state index contributed by atoms with van der Waals surface area (Å²) in [6.07, 6.45) is 1.75.